The first-order valence-corrected chi connectivity index (χ1v) is 11.5. The highest BCUT2D eigenvalue weighted by atomic mass is 19.4. The van der Waals surface area contributed by atoms with E-state index in [2.05, 4.69) is 21.3 Å². The van der Waals surface area contributed by atoms with Gasteiger partial charge in [-0.1, -0.05) is 12.8 Å². The number of morpholine rings is 1. The van der Waals surface area contributed by atoms with Crippen LogP contribution in [0.25, 0.3) is 0 Å². The van der Waals surface area contributed by atoms with Crippen molar-refractivity contribution >= 4 is 29.6 Å². The van der Waals surface area contributed by atoms with Crippen LogP contribution < -0.4 is 21.3 Å². The van der Waals surface area contributed by atoms with Crippen molar-refractivity contribution in [2.75, 3.05) is 38.2 Å². The van der Waals surface area contributed by atoms with E-state index in [1.807, 2.05) is 0 Å². The Morgan fingerprint density at radius 1 is 1.03 bits per heavy atom. The molecule has 0 aromatic heterocycles. The molecule has 1 aromatic carbocycles. The lowest BCUT2D eigenvalue weighted by Crippen LogP contribution is -2.54. The molecule has 14 heteroatoms. The van der Waals surface area contributed by atoms with Crippen molar-refractivity contribution in [2.24, 2.45) is 0 Å². The van der Waals surface area contributed by atoms with Gasteiger partial charge in [-0.3, -0.25) is 9.59 Å². The number of nitrogens with zero attached hydrogens (tertiary/aromatic N) is 1. The van der Waals surface area contributed by atoms with E-state index in [1.54, 1.807) is 0 Å². The van der Waals surface area contributed by atoms with Gasteiger partial charge in [0.15, 0.2) is 0 Å². The third-order valence-corrected chi connectivity index (χ3v) is 5.96. The number of benzene rings is 1. The number of carbonyl (C=O) groups excluding carboxylic acids is 3. The fraction of sp³-hybridized carbons (Fsp3) is 0.545. The number of hydrogen-bond donors (Lipinski definition) is 5. The van der Waals surface area contributed by atoms with Gasteiger partial charge in [-0.2, -0.15) is 13.2 Å². The monoisotopic (exact) mass is 515 g/mol. The Kier molecular flexibility index (Phi) is 8.96. The topological polar surface area (TPSA) is 149 Å². The van der Waals surface area contributed by atoms with Gasteiger partial charge in [0.25, 0.3) is 5.91 Å². The predicted molar refractivity (Wildman–Crippen MR) is 121 cm³/mol. The van der Waals surface area contributed by atoms with E-state index in [1.165, 1.54) is 4.90 Å². The Balaban J connectivity index is 1.68. The summed E-state index contributed by atoms with van der Waals surface area (Å²) in [6.45, 7) is 0.641. The number of ether oxygens (including phenoxy) is 1. The zero-order chi connectivity index (χ0) is 26.3. The number of nitrogens with one attached hydrogen (secondary N) is 4. The summed E-state index contributed by atoms with van der Waals surface area (Å²) in [5, 5.41) is 18.7. The van der Waals surface area contributed by atoms with E-state index < -0.39 is 59.9 Å². The Hall–Kier alpha value is -3.55. The first kappa shape index (κ1) is 27.0. The molecule has 1 saturated carbocycles. The molecule has 0 spiro atoms. The number of halogens is 3. The molecule has 2 aliphatic rings. The molecular weight excluding hydrogens is 487 g/mol. The summed E-state index contributed by atoms with van der Waals surface area (Å²) in [5.74, 6) is -1.62. The molecule has 1 saturated heterocycles. The number of amides is 5. The second-order valence-corrected chi connectivity index (χ2v) is 8.48. The molecule has 1 aliphatic carbocycles. The van der Waals surface area contributed by atoms with Crippen LogP contribution in [0.15, 0.2) is 18.2 Å². The molecule has 5 N–H and O–H groups in total. The van der Waals surface area contributed by atoms with Crippen molar-refractivity contribution in [1.82, 2.24) is 20.9 Å². The van der Waals surface area contributed by atoms with Gasteiger partial charge < -0.3 is 36.0 Å². The number of carboxylic acid groups (broad SMARTS) is 1. The summed E-state index contributed by atoms with van der Waals surface area (Å²) in [4.78, 5) is 50.1. The lowest BCUT2D eigenvalue weighted by molar-refractivity contribution is -0.137. The van der Waals surface area contributed by atoms with Gasteiger partial charge in [-0.05, 0) is 31.0 Å². The molecule has 2 atom stereocenters. The molecule has 1 aromatic rings. The van der Waals surface area contributed by atoms with E-state index in [-0.39, 0.29) is 18.8 Å². The van der Waals surface area contributed by atoms with Gasteiger partial charge in [-0.15, -0.1) is 0 Å². The number of alkyl halides is 3. The van der Waals surface area contributed by atoms with Crippen LogP contribution in [-0.2, 0) is 15.7 Å². The van der Waals surface area contributed by atoms with Crippen LogP contribution in [-0.4, -0.2) is 78.9 Å². The number of hydrogen-bond acceptors (Lipinski definition) is 5. The minimum Gasteiger partial charge on any atom is -0.465 e. The number of anilines is 1. The molecular formula is C22H28F3N5O6. The summed E-state index contributed by atoms with van der Waals surface area (Å²) < 4.78 is 45.0. The van der Waals surface area contributed by atoms with Crippen molar-refractivity contribution in [3.05, 3.63) is 29.3 Å². The highest BCUT2D eigenvalue weighted by Crippen LogP contribution is 2.32. The third kappa shape index (κ3) is 7.47. The zero-order valence-electron chi connectivity index (χ0n) is 19.3. The molecule has 2 unspecified atom stereocenters. The summed E-state index contributed by atoms with van der Waals surface area (Å²) in [5.41, 5.74) is -1.69. The molecule has 2 fully saturated rings. The molecule has 1 heterocycles. The normalized spacial score (nSPS) is 20.2. The van der Waals surface area contributed by atoms with Gasteiger partial charge >= 0.3 is 18.3 Å². The molecule has 0 bridgehead atoms. The Morgan fingerprint density at radius 2 is 1.67 bits per heavy atom. The minimum atomic E-state index is -4.73. The first-order valence-electron chi connectivity index (χ1n) is 11.5. The van der Waals surface area contributed by atoms with Crippen LogP contribution in [0.5, 0.6) is 0 Å². The predicted octanol–water partition coefficient (Wildman–Crippen LogP) is 1.99. The average Bonchev–Trinajstić information content (AvgIpc) is 2.83. The van der Waals surface area contributed by atoms with Crippen LogP contribution in [0.3, 0.4) is 0 Å². The van der Waals surface area contributed by atoms with Crippen molar-refractivity contribution in [2.45, 2.75) is 43.9 Å². The van der Waals surface area contributed by atoms with Gasteiger partial charge in [0, 0.05) is 19.1 Å². The number of urea groups is 1. The van der Waals surface area contributed by atoms with Gasteiger partial charge in [0.1, 0.15) is 0 Å². The molecule has 3 rings (SSSR count). The maximum Gasteiger partial charge on any atom is 0.416 e. The lowest BCUT2D eigenvalue weighted by Gasteiger charge is -2.32. The maximum atomic E-state index is 13.3. The van der Waals surface area contributed by atoms with E-state index in [0.29, 0.717) is 32.1 Å². The molecule has 11 nitrogen and oxygen atoms in total. The highest BCUT2D eigenvalue weighted by Gasteiger charge is 2.33. The van der Waals surface area contributed by atoms with Crippen molar-refractivity contribution in [3.8, 4) is 0 Å². The van der Waals surface area contributed by atoms with Gasteiger partial charge in [0.05, 0.1) is 42.6 Å². The fourth-order valence-corrected chi connectivity index (χ4v) is 4.13. The van der Waals surface area contributed by atoms with Crippen LogP contribution in [0.1, 0.15) is 41.6 Å². The number of rotatable bonds is 6. The molecule has 5 amide bonds. The van der Waals surface area contributed by atoms with Crippen molar-refractivity contribution in [1.29, 1.82) is 0 Å². The summed E-state index contributed by atoms with van der Waals surface area (Å²) in [6, 6.07) is 0.782. The Morgan fingerprint density at radius 3 is 2.28 bits per heavy atom. The second-order valence-electron chi connectivity index (χ2n) is 8.48. The third-order valence-electron chi connectivity index (χ3n) is 5.96. The zero-order valence-corrected chi connectivity index (χ0v) is 19.3. The average molecular weight is 515 g/mol. The van der Waals surface area contributed by atoms with Crippen LogP contribution >= 0.6 is 0 Å². The van der Waals surface area contributed by atoms with Crippen molar-refractivity contribution < 1.29 is 42.2 Å². The number of carbonyl (C=O) groups is 4. The standard InChI is InChI=1S/C22H28F3N5O6/c23-22(24,25)13-5-6-15(28-20(33)30-7-9-36-10-8-30)14(11-13)19(32)26-12-18(31)27-16-3-1-2-4-17(16)29-21(34)35/h5-6,11,16-17,29H,1-4,7-10,12H2,(H,26,32)(H,27,31)(H,28,33)(H,34,35). The second kappa shape index (κ2) is 11.9. The van der Waals surface area contributed by atoms with Crippen LogP contribution in [0, 0.1) is 0 Å². The van der Waals surface area contributed by atoms with Crippen molar-refractivity contribution in [3.63, 3.8) is 0 Å². The quantitative estimate of drug-likeness (QED) is 0.391. The van der Waals surface area contributed by atoms with E-state index in [9.17, 15) is 32.3 Å². The highest BCUT2D eigenvalue weighted by molar-refractivity contribution is 6.04. The van der Waals surface area contributed by atoms with Crippen LogP contribution in [0.4, 0.5) is 28.4 Å². The lowest BCUT2D eigenvalue weighted by atomic mass is 9.90. The molecule has 198 valence electrons. The van der Waals surface area contributed by atoms with Gasteiger partial charge in [-0.25, -0.2) is 9.59 Å². The van der Waals surface area contributed by atoms with E-state index >= 15 is 0 Å². The summed E-state index contributed by atoms with van der Waals surface area (Å²) >= 11 is 0. The van der Waals surface area contributed by atoms with E-state index in [0.717, 1.165) is 25.0 Å². The molecule has 36 heavy (non-hydrogen) atoms. The molecule has 1 aliphatic heterocycles. The minimum absolute atomic E-state index is 0.143. The summed E-state index contributed by atoms with van der Waals surface area (Å²) in [6.07, 6.45) is -3.29. The molecule has 0 radical (unpaired) electrons. The summed E-state index contributed by atoms with van der Waals surface area (Å²) in [7, 11) is 0. The fourth-order valence-electron chi connectivity index (χ4n) is 4.13. The first-order chi connectivity index (χ1) is 17.0. The largest absolute Gasteiger partial charge is 0.465 e. The Labute approximate surface area is 204 Å². The van der Waals surface area contributed by atoms with Gasteiger partial charge in [0.2, 0.25) is 5.91 Å². The smallest absolute Gasteiger partial charge is 0.416 e. The van der Waals surface area contributed by atoms with E-state index in [4.69, 9.17) is 9.84 Å². The SMILES string of the molecule is O=C(O)NC1CCCCC1NC(=O)CNC(=O)c1cc(C(F)(F)F)ccc1NC(=O)N1CCOCC1. The Bertz CT molecular complexity index is 983. The maximum absolute atomic E-state index is 13.3. The van der Waals surface area contributed by atoms with Crippen LogP contribution in [0.2, 0.25) is 0 Å².